The van der Waals surface area contributed by atoms with Crippen molar-refractivity contribution >= 4 is 34.5 Å². The van der Waals surface area contributed by atoms with Crippen molar-refractivity contribution in [1.82, 2.24) is 4.98 Å². The molecule has 1 fully saturated rings. The molecule has 0 saturated carbocycles. The molecule has 1 aliphatic heterocycles. The first-order valence-electron chi connectivity index (χ1n) is 8.05. The number of nitrogens with two attached hydrogens (primary N) is 2. The van der Waals surface area contributed by atoms with Gasteiger partial charge in [0.25, 0.3) is 5.91 Å². The number of carbonyl (C=O) groups excluding carboxylic acids is 2. The summed E-state index contributed by atoms with van der Waals surface area (Å²) >= 11 is 1.44. The van der Waals surface area contributed by atoms with Gasteiger partial charge in [-0.05, 0) is 31.9 Å². The molecule has 5 N–H and O–H groups in total. The fraction of sp³-hybridized carbons (Fsp3) is 0.353. The standard InChI is InChI=1S/C17H21N5O2S/c1-11-20-13(10-25-11)15(23)21-12-4-2-3-5-14(12)22-8-6-17(19,7-9-22)16(18)24/h2-5,10H,6-9,19H2,1H3,(H2,18,24)(H,21,23). The molecular weight excluding hydrogens is 338 g/mol. The highest BCUT2D eigenvalue weighted by atomic mass is 32.1. The van der Waals surface area contributed by atoms with Crippen LogP contribution in [0.1, 0.15) is 28.3 Å². The highest BCUT2D eigenvalue weighted by Crippen LogP contribution is 2.30. The molecule has 7 nitrogen and oxygen atoms in total. The summed E-state index contributed by atoms with van der Waals surface area (Å²) in [6.45, 7) is 3.06. The fourth-order valence-corrected chi connectivity index (χ4v) is 3.50. The van der Waals surface area contributed by atoms with Crippen LogP contribution in [0.5, 0.6) is 0 Å². The summed E-state index contributed by atoms with van der Waals surface area (Å²) in [6.07, 6.45) is 0.964. The van der Waals surface area contributed by atoms with Crippen molar-refractivity contribution in [2.24, 2.45) is 11.5 Å². The van der Waals surface area contributed by atoms with Gasteiger partial charge >= 0.3 is 0 Å². The van der Waals surface area contributed by atoms with E-state index in [1.165, 1.54) is 11.3 Å². The van der Waals surface area contributed by atoms with Crippen molar-refractivity contribution in [2.45, 2.75) is 25.3 Å². The summed E-state index contributed by atoms with van der Waals surface area (Å²) in [5.41, 5.74) is 12.5. The van der Waals surface area contributed by atoms with Crippen molar-refractivity contribution in [3.8, 4) is 0 Å². The molecule has 1 aromatic carbocycles. The number of benzene rings is 1. The average Bonchev–Trinajstić information content (AvgIpc) is 3.03. The number of hydrogen-bond acceptors (Lipinski definition) is 6. The first-order chi connectivity index (χ1) is 11.9. The van der Waals surface area contributed by atoms with Gasteiger partial charge in [-0.1, -0.05) is 12.1 Å². The van der Waals surface area contributed by atoms with Crippen LogP contribution in [0.2, 0.25) is 0 Å². The van der Waals surface area contributed by atoms with Crippen LogP contribution >= 0.6 is 11.3 Å². The van der Waals surface area contributed by atoms with E-state index >= 15 is 0 Å². The Morgan fingerprint density at radius 1 is 1.28 bits per heavy atom. The van der Waals surface area contributed by atoms with Crippen LogP contribution in [0.15, 0.2) is 29.6 Å². The van der Waals surface area contributed by atoms with E-state index in [4.69, 9.17) is 11.5 Å². The Hall–Kier alpha value is -2.45. The van der Waals surface area contributed by atoms with E-state index in [0.717, 1.165) is 10.7 Å². The summed E-state index contributed by atoms with van der Waals surface area (Å²) in [4.78, 5) is 30.2. The number of para-hydroxylation sites is 2. The maximum absolute atomic E-state index is 12.4. The highest BCUT2D eigenvalue weighted by molar-refractivity contribution is 7.09. The molecule has 2 amide bonds. The number of aromatic nitrogens is 1. The van der Waals surface area contributed by atoms with Gasteiger partial charge < -0.3 is 21.7 Å². The van der Waals surface area contributed by atoms with Crippen LogP contribution < -0.4 is 21.7 Å². The lowest BCUT2D eigenvalue weighted by Crippen LogP contribution is -2.58. The third-order valence-electron chi connectivity index (χ3n) is 4.49. The van der Waals surface area contributed by atoms with E-state index in [2.05, 4.69) is 15.2 Å². The van der Waals surface area contributed by atoms with Crippen LogP contribution in [0, 0.1) is 6.92 Å². The van der Waals surface area contributed by atoms with Crippen LogP contribution in [0.25, 0.3) is 0 Å². The lowest BCUT2D eigenvalue weighted by molar-refractivity contribution is -0.123. The number of nitrogens with one attached hydrogen (secondary N) is 1. The molecule has 0 spiro atoms. The minimum absolute atomic E-state index is 0.237. The number of anilines is 2. The Labute approximate surface area is 150 Å². The van der Waals surface area contributed by atoms with Crippen LogP contribution in [0.4, 0.5) is 11.4 Å². The molecule has 1 aliphatic rings. The van der Waals surface area contributed by atoms with Gasteiger partial charge in [0.15, 0.2) is 0 Å². The molecule has 0 radical (unpaired) electrons. The van der Waals surface area contributed by atoms with Gasteiger partial charge in [-0.2, -0.15) is 0 Å². The topological polar surface area (TPSA) is 114 Å². The molecule has 2 heterocycles. The summed E-state index contributed by atoms with van der Waals surface area (Å²) in [6, 6.07) is 7.57. The molecule has 3 rings (SSSR count). The zero-order valence-electron chi connectivity index (χ0n) is 14.0. The summed E-state index contributed by atoms with van der Waals surface area (Å²) in [5.74, 6) is -0.702. The number of primary amides is 1. The Morgan fingerprint density at radius 3 is 2.56 bits per heavy atom. The van der Waals surface area contributed by atoms with Gasteiger partial charge in [0.05, 0.1) is 21.9 Å². The zero-order chi connectivity index (χ0) is 18.0. The van der Waals surface area contributed by atoms with E-state index < -0.39 is 11.4 Å². The Bertz CT molecular complexity index is 796. The molecule has 2 aromatic rings. The highest BCUT2D eigenvalue weighted by Gasteiger charge is 2.36. The van der Waals surface area contributed by atoms with E-state index in [9.17, 15) is 9.59 Å². The van der Waals surface area contributed by atoms with Gasteiger partial charge in [0.1, 0.15) is 5.69 Å². The average molecular weight is 359 g/mol. The maximum atomic E-state index is 12.4. The van der Waals surface area contributed by atoms with Gasteiger partial charge in [0, 0.05) is 18.5 Å². The Kier molecular flexibility index (Phi) is 4.73. The first-order valence-corrected chi connectivity index (χ1v) is 8.93. The maximum Gasteiger partial charge on any atom is 0.275 e. The van der Waals surface area contributed by atoms with Gasteiger partial charge in [-0.25, -0.2) is 4.98 Å². The second-order valence-electron chi connectivity index (χ2n) is 6.23. The summed E-state index contributed by atoms with van der Waals surface area (Å²) in [7, 11) is 0. The second kappa shape index (κ2) is 6.81. The van der Waals surface area contributed by atoms with Crippen LogP contribution in [-0.4, -0.2) is 35.4 Å². The van der Waals surface area contributed by atoms with Crippen LogP contribution in [-0.2, 0) is 4.79 Å². The molecule has 8 heteroatoms. The van der Waals surface area contributed by atoms with Crippen molar-refractivity contribution in [3.05, 3.63) is 40.3 Å². The lowest BCUT2D eigenvalue weighted by atomic mass is 9.87. The molecule has 0 aliphatic carbocycles. The Morgan fingerprint density at radius 2 is 1.96 bits per heavy atom. The number of carbonyl (C=O) groups is 2. The second-order valence-corrected chi connectivity index (χ2v) is 7.29. The van der Waals surface area contributed by atoms with E-state index in [1.54, 1.807) is 5.38 Å². The van der Waals surface area contributed by atoms with E-state index in [1.807, 2.05) is 31.2 Å². The van der Waals surface area contributed by atoms with E-state index in [0.29, 0.717) is 37.3 Å². The third-order valence-corrected chi connectivity index (χ3v) is 5.26. The number of amides is 2. The predicted molar refractivity (Wildman–Crippen MR) is 98.8 cm³/mol. The largest absolute Gasteiger partial charge is 0.370 e. The van der Waals surface area contributed by atoms with Crippen molar-refractivity contribution in [2.75, 3.05) is 23.3 Å². The lowest BCUT2D eigenvalue weighted by Gasteiger charge is -2.38. The minimum atomic E-state index is -0.952. The Balaban J connectivity index is 1.76. The number of thiazole rings is 1. The molecule has 1 saturated heterocycles. The molecule has 1 aromatic heterocycles. The zero-order valence-corrected chi connectivity index (χ0v) is 14.8. The number of aryl methyl sites for hydroxylation is 1. The van der Waals surface area contributed by atoms with Crippen LogP contribution in [0.3, 0.4) is 0 Å². The molecule has 25 heavy (non-hydrogen) atoms. The summed E-state index contributed by atoms with van der Waals surface area (Å²) < 4.78 is 0. The predicted octanol–water partition coefficient (Wildman–Crippen LogP) is 1.49. The molecule has 0 bridgehead atoms. The molecule has 132 valence electrons. The number of rotatable bonds is 4. The molecule has 0 atom stereocenters. The van der Waals surface area contributed by atoms with Crippen molar-refractivity contribution in [1.29, 1.82) is 0 Å². The molecule has 0 unspecified atom stereocenters. The summed E-state index contributed by atoms with van der Waals surface area (Å²) in [5, 5.41) is 5.51. The smallest absolute Gasteiger partial charge is 0.275 e. The number of hydrogen-bond donors (Lipinski definition) is 3. The quantitative estimate of drug-likeness (QED) is 0.765. The molecular formula is C17H21N5O2S. The number of piperidine rings is 1. The van der Waals surface area contributed by atoms with Gasteiger partial charge in [0.2, 0.25) is 5.91 Å². The monoisotopic (exact) mass is 359 g/mol. The third kappa shape index (κ3) is 3.64. The first kappa shape index (κ1) is 17.4. The SMILES string of the molecule is Cc1nc(C(=O)Nc2ccccc2N2CCC(N)(C(N)=O)CC2)cs1. The minimum Gasteiger partial charge on any atom is -0.370 e. The van der Waals surface area contributed by atoms with Crippen molar-refractivity contribution < 1.29 is 9.59 Å². The normalized spacial score (nSPS) is 16.5. The number of nitrogens with zero attached hydrogens (tertiary/aromatic N) is 2. The fourth-order valence-electron chi connectivity index (χ4n) is 2.90. The van der Waals surface area contributed by atoms with Gasteiger partial charge in [-0.3, -0.25) is 9.59 Å². The van der Waals surface area contributed by atoms with Crippen molar-refractivity contribution in [3.63, 3.8) is 0 Å². The van der Waals surface area contributed by atoms with Gasteiger partial charge in [-0.15, -0.1) is 11.3 Å². The van der Waals surface area contributed by atoms with E-state index in [-0.39, 0.29) is 5.91 Å².